The monoisotopic (exact) mass is 461 g/mol. The molecule has 0 radical (unpaired) electrons. The van der Waals surface area contributed by atoms with Gasteiger partial charge in [0.15, 0.2) is 5.82 Å². The number of methoxy groups -OCH3 is 1. The Morgan fingerprint density at radius 2 is 1.73 bits per heavy atom. The Morgan fingerprint density at radius 1 is 0.967 bits per heavy atom. The van der Waals surface area contributed by atoms with Crippen LogP contribution in [0.1, 0.15) is 15.9 Å². The number of ether oxygens (including phenoxy) is 1. The first-order valence-corrected chi connectivity index (χ1v) is 10.4. The van der Waals surface area contributed by atoms with Crippen LogP contribution in [0.3, 0.4) is 0 Å². The maximum Gasteiger partial charge on any atom is 0.337 e. The molecule has 5 nitrogen and oxygen atoms in total. The third-order valence-electron chi connectivity index (χ3n) is 4.78. The number of nitrogens with zero attached hydrogens (tertiary/aromatic N) is 2. The van der Waals surface area contributed by atoms with Crippen molar-refractivity contribution in [3.05, 3.63) is 88.4 Å². The fourth-order valence-electron chi connectivity index (χ4n) is 3.24. The van der Waals surface area contributed by atoms with Gasteiger partial charge in [-0.3, -0.25) is 0 Å². The van der Waals surface area contributed by atoms with Crippen molar-refractivity contribution in [2.75, 3.05) is 19.0 Å². The largest absolute Gasteiger partial charge is 0.465 e. The van der Waals surface area contributed by atoms with Gasteiger partial charge in [-0.15, -0.1) is 0 Å². The summed E-state index contributed by atoms with van der Waals surface area (Å²) < 4.78 is 5.91. The summed E-state index contributed by atoms with van der Waals surface area (Å²) in [6, 6.07) is 23.3. The smallest absolute Gasteiger partial charge is 0.337 e. The molecule has 0 fully saturated rings. The highest BCUT2D eigenvalue weighted by Gasteiger charge is 2.13. The quantitative estimate of drug-likeness (QED) is 0.384. The molecular formula is C24H20BrN3O2. The van der Waals surface area contributed by atoms with Gasteiger partial charge in [0, 0.05) is 16.6 Å². The number of carbonyl (C=O) groups is 1. The van der Waals surface area contributed by atoms with Crippen LogP contribution in [0, 0.1) is 0 Å². The van der Waals surface area contributed by atoms with Gasteiger partial charge < -0.3 is 10.1 Å². The third kappa shape index (κ3) is 4.33. The number of halogens is 1. The molecule has 1 aromatic heterocycles. The number of hydrogen-bond acceptors (Lipinski definition) is 5. The summed E-state index contributed by atoms with van der Waals surface area (Å²) in [5.41, 5.74) is 4.78. The zero-order valence-corrected chi connectivity index (χ0v) is 18.0. The fraction of sp³-hybridized carbons (Fsp3) is 0.125. The molecule has 0 amide bonds. The van der Waals surface area contributed by atoms with E-state index in [1.54, 1.807) is 18.2 Å². The second-order valence-corrected chi connectivity index (χ2v) is 7.60. The third-order valence-corrected chi connectivity index (χ3v) is 5.55. The van der Waals surface area contributed by atoms with Gasteiger partial charge in [0.05, 0.1) is 23.7 Å². The molecule has 1 heterocycles. The molecule has 0 aliphatic heterocycles. The second kappa shape index (κ2) is 9.05. The lowest BCUT2D eigenvalue weighted by atomic mass is 10.1. The van der Waals surface area contributed by atoms with Gasteiger partial charge in [0.1, 0.15) is 5.69 Å². The highest BCUT2D eigenvalue weighted by atomic mass is 79.9. The van der Waals surface area contributed by atoms with Crippen molar-refractivity contribution in [3.63, 3.8) is 0 Å². The second-order valence-electron chi connectivity index (χ2n) is 6.75. The topological polar surface area (TPSA) is 64.1 Å². The zero-order chi connectivity index (χ0) is 20.9. The predicted molar refractivity (Wildman–Crippen MR) is 123 cm³/mol. The van der Waals surface area contributed by atoms with Crippen molar-refractivity contribution in [1.82, 2.24) is 9.97 Å². The van der Waals surface area contributed by atoms with E-state index in [1.165, 1.54) is 12.7 Å². The number of fused-ring (bicyclic) bond motifs is 1. The lowest BCUT2D eigenvalue weighted by molar-refractivity contribution is 0.0601. The average Bonchev–Trinajstić information content (AvgIpc) is 2.79. The molecule has 0 aliphatic carbocycles. The molecule has 0 atom stereocenters. The first-order chi connectivity index (χ1) is 14.7. The maximum atomic E-state index is 11.9. The molecular weight excluding hydrogens is 442 g/mol. The van der Waals surface area contributed by atoms with Crippen LogP contribution < -0.4 is 5.32 Å². The SMILES string of the molecule is COC(=O)c1ccc2nc(-c3ccccc3)c(NCCc3ccccc3Br)nc2c1. The summed E-state index contributed by atoms with van der Waals surface area (Å²) in [6.45, 7) is 0.694. The summed E-state index contributed by atoms with van der Waals surface area (Å²) in [7, 11) is 1.37. The van der Waals surface area contributed by atoms with E-state index >= 15 is 0 Å². The predicted octanol–water partition coefficient (Wildman–Crippen LogP) is 5.50. The van der Waals surface area contributed by atoms with Gasteiger partial charge in [-0.2, -0.15) is 0 Å². The highest BCUT2D eigenvalue weighted by molar-refractivity contribution is 9.10. The lowest BCUT2D eigenvalue weighted by Crippen LogP contribution is -2.09. The van der Waals surface area contributed by atoms with Crippen LogP contribution >= 0.6 is 15.9 Å². The Bertz CT molecular complexity index is 1200. The van der Waals surface area contributed by atoms with Gasteiger partial charge in [0.2, 0.25) is 0 Å². The molecule has 3 aromatic carbocycles. The number of anilines is 1. The summed E-state index contributed by atoms with van der Waals surface area (Å²) in [5.74, 6) is 0.289. The number of benzene rings is 3. The summed E-state index contributed by atoms with van der Waals surface area (Å²) in [5, 5.41) is 3.43. The standard InChI is InChI=1S/C24H20BrN3O2/c1-30-24(29)18-11-12-20-21(15-18)28-23(22(27-20)17-8-3-2-4-9-17)26-14-13-16-7-5-6-10-19(16)25/h2-12,15H,13-14H2,1H3,(H,26,28). The van der Waals surface area contributed by atoms with Gasteiger partial charge in [-0.1, -0.05) is 64.5 Å². The fourth-order valence-corrected chi connectivity index (χ4v) is 3.72. The van der Waals surface area contributed by atoms with Crippen molar-refractivity contribution < 1.29 is 9.53 Å². The Kier molecular flexibility index (Phi) is 6.05. The number of nitrogens with one attached hydrogen (secondary N) is 1. The number of esters is 1. The van der Waals surface area contributed by atoms with E-state index < -0.39 is 5.97 Å². The molecule has 4 rings (SSSR count). The highest BCUT2D eigenvalue weighted by Crippen LogP contribution is 2.27. The van der Waals surface area contributed by atoms with E-state index in [4.69, 9.17) is 14.7 Å². The summed E-state index contributed by atoms with van der Waals surface area (Å²) in [4.78, 5) is 21.5. The van der Waals surface area contributed by atoms with Crippen molar-refractivity contribution >= 4 is 38.8 Å². The van der Waals surface area contributed by atoms with E-state index in [9.17, 15) is 4.79 Å². The van der Waals surface area contributed by atoms with Crippen LogP contribution in [0.4, 0.5) is 5.82 Å². The Balaban J connectivity index is 1.70. The number of hydrogen-bond donors (Lipinski definition) is 1. The van der Waals surface area contributed by atoms with Crippen LogP contribution in [0.25, 0.3) is 22.3 Å². The van der Waals surface area contributed by atoms with Gasteiger partial charge in [-0.05, 0) is 36.2 Å². The van der Waals surface area contributed by atoms with Crippen LogP contribution in [0.5, 0.6) is 0 Å². The molecule has 0 bridgehead atoms. The van der Waals surface area contributed by atoms with Crippen molar-refractivity contribution in [2.24, 2.45) is 0 Å². The summed E-state index contributed by atoms with van der Waals surface area (Å²) in [6.07, 6.45) is 0.831. The molecule has 0 aliphatic rings. The molecule has 30 heavy (non-hydrogen) atoms. The van der Waals surface area contributed by atoms with Crippen LogP contribution in [-0.2, 0) is 11.2 Å². The molecule has 0 unspecified atom stereocenters. The minimum absolute atomic E-state index is 0.394. The normalized spacial score (nSPS) is 10.7. The van der Waals surface area contributed by atoms with E-state index in [0.717, 1.165) is 27.7 Å². The number of carbonyl (C=O) groups excluding carboxylic acids is 1. The number of aromatic nitrogens is 2. The first kappa shape index (κ1) is 20.0. The molecule has 0 saturated heterocycles. The average molecular weight is 462 g/mol. The van der Waals surface area contributed by atoms with Gasteiger partial charge in [0.25, 0.3) is 0 Å². The molecule has 0 saturated carbocycles. The Labute approximate surface area is 183 Å². The van der Waals surface area contributed by atoms with Crippen LogP contribution in [0.2, 0.25) is 0 Å². The van der Waals surface area contributed by atoms with E-state index in [2.05, 4.69) is 27.3 Å². The van der Waals surface area contributed by atoms with Crippen LogP contribution in [0.15, 0.2) is 77.3 Å². The molecule has 150 valence electrons. The van der Waals surface area contributed by atoms with Gasteiger partial charge >= 0.3 is 5.97 Å². The maximum absolute atomic E-state index is 11.9. The molecule has 6 heteroatoms. The molecule has 0 spiro atoms. The van der Waals surface area contributed by atoms with E-state index in [-0.39, 0.29) is 0 Å². The lowest BCUT2D eigenvalue weighted by Gasteiger charge is -2.13. The van der Waals surface area contributed by atoms with E-state index in [1.807, 2.05) is 48.5 Å². The minimum atomic E-state index is -0.394. The zero-order valence-electron chi connectivity index (χ0n) is 16.4. The Morgan fingerprint density at radius 3 is 2.50 bits per heavy atom. The molecule has 4 aromatic rings. The number of rotatable bonds is 6. The van der Waals surface area contributed by atoms with Crippen molar-refractivity contribution in [3.8, 4) is 11.3 Å². The Hall–Kier alpha value is -3.25. The van der Waals surface area contributed by atoms with Crippen molar-refractivity contribution in [2.45, 2.75) is 6.42 Å². The van der Waals surface area contributed by atoms with E-state index in [0.29, 0.717) is 23.4 Å². The van der Waals surface area contributed by atoms with Crippen LogP contribution in [-0.4, -0.2) is 29.6 Å². The molecule has 1 N–H and O–H groups in total. The van der Waals surface area contributed by atoms with Gasteiger partial charge in [-0.25, -0.2) is 14.8 Å². The first-order valence-electron chi connectivity index (χ1n) is 9.58. The minimum Gasteiger partial charge on any atom is -0.465 e. The summed E-state index contributed by atoms with van der Waals surface area (Å²) >= 11 is 3.60. The van der Waals surface area contributed by atoms with Crippen molar-refractivity contribution in [1.29, 1.82) is 0 Å².